The van der Waals surface area contributed by atoms with Gasteiger partial charge in [0.2, 0.25) is 0 Å². The summed E-state index contributed by atoms with van der Waals surface area (Å²) in [6, 6.07) is -0.221. The molecule has 0 saturated carbocycles. The molecule has 1 aromatic rings. The van der Waals surface area contributed by atoms with Crippen molar-refractivity contribution in [2.45, 2.75) is 39.3 Å². The zero-order chi connectivity index (χ0) is 12.9. The molecule has 2 unspecified atom stereocenters. The molecule has 0 aliphatic carbocycles. The summed E-state index contributed by atoms with van der Waals surface area (Å²) in [6.45, 7) is 5.85. The van der Waals surface area contributed by atoms with E-state index in [-0.39, 0.29) is 18.1 Å². The molecule has 0 radical (unpaired) electrons. The first-order valence-electron chi connectivity index (χ1n) is 5.75. The van der Waals surface area contributed by atoms with Crippen molar-refractivity contribution in [1.82, 2.24) is 9.97 Å². The second-order valence-electron chi connectivity index (χ2n) is 5.23. The Labute approximate surface area is 102 Å². The molecule has 0 saturated heterocycles. The SMILES string of the molecule is CC(C)(C)C(O)CC(CO)Nc1cnccn1. The molecule has 5 heteroatoms. The lowest BCUT2D eigenvalue weighted by Gasteiger charge is -2.29. The van der Waals surface area contributed by atoms with Crippen LogP contribution in [0.2, 0.25) is 0 Å². The summed E-state index contributed by atoms with van der Waals surface area (Å²) in [5.74, 6) is 0.604. The summed E-state index contributed by atoms with van der Waals surface area (Å²) in [5, 5.41) is 22.3. The first kappa shape index (κ1) is 13.9. The predicted molar refractivity (Wildman–Crippen MR) is 66.6 cm³/mol. The van der Waals surface area contributed by atoms with Crippen LogP contribution >= 0.6 is 0 Å². The number of hydrogen-bond acceptors (Lipinski definition) is 5. The summed E-state index contributed by atoms with van der Waals surface area (Å²) < 4.78 is 0. The van der Waals surface area contributed by atoms with E-state index in [2.05, 4.69) is 15.3 Å². The first-order chi connectivity index (χ1) is 7.93. The van der Waals surface area contributed by atoms with E-state index in [4.69, 9.17) is 0 Å². The number of hydrogen-bond donors (Lipinski definition) is 3. The minimum absolute atomic E-state index is 0.0519. The molecule has 17 heavy (non-hydrogen) atoms. The molecule has 0 aromatic carbocycles. The van der Waals surface area contributed by atoms with Crippen LogP contribution < -0.4 is 5.32 Å². The van der Waals surface area contributed by atoms with Crippen LogP contribution in [0.5, 0.6) is 0 Å². The maximum atomic E-state index is 9.98. The van der Waals surface area contributed by atoms with Crippen molar-refractivity contribution in [2.75, 3.05) is 11.9 Å². The number of aliphatic hydroxyl groups is 2. The Morgan fingerprint density at radius 3 is 2.53 bits per heavy atom. The van der Waals surface area contributed by atoms with Gasteiger partial charge in [-0.25, -0.2) is 4.98 Å². The van der Waals surface area contributed by atoms with Crippen molar-refractivity contribution < 1.29 is 10.2 Å². The first-order valence-corrected chi connectivity index (χ1v) is 5.75. The summed E-state index contributed by atoms with van der Waals surface area (Å²) in [6.07, 6.45) is 4.74. The summed E-state index contributed by atoms with van der Waals surface area (Å²) in [7, 11) is 0. The number of nitrogens with one attached hydrogen (secondary N) is 1. The van der Waals surface area contributed by atoms with E-state index in [0.29, 0.717) is 12.2 Å². The second kappa shape index (κ2) is 5.93. The Balaban J connectivity index is 2.55. The topological polar surface area (TPSA) is 78.3 Å². The Morgan fingerprint density at radius 2 is 2.06 bits per heavy atom. The average Bonchev–Trinajstić information content (AvgIpc) is 2.28. The molecule has 2 atom stereocenters. The summed E-state index contributed by atoms with van der Waals surface area (Å²) >= 11 is 0. The molecular formula is C12H21N3O2. The lowest BCUT2D eigenvalue weighted by Crippen LogP contribution is -2.35. The van der Waals surface area contributed by atoms with Crippen LogP contribution in [0.4, 0.5) is 5.82 Å². The van der Waals surface area contributed by atoms with Crippen molar-refractivity contribution in [3.63, 3.8) is 0 Å². The zero-order valence-corrected chi connectivity index (χ0v) is 10.6. The Morgan fingerprint density at radius 1 is 1.35 bits per heavy atom. The van der Waals surface area contributed by atoms with E-state index in [0.717, 1.165) is 0 Å². The maximum Gasteiger partial charge on any atom is 0.144 e. The van der Waals surface area contributed by atoms with Crippen LogP contribution in [-0.2, 0) is 0 Å². The molecule has 96 valence electrons. The van der Waals surface area contributed by atoms with Crippen LogP contribution in [0.15, 0.2) is 18.6 Å². The minimum Gasteiger partial charge on any atom is -0.394 e. The molecule has 0 amide bonds. The third kappa shape index (κ3) is 4.66. The largest absolute Gasteiger partial charge is 0.394 e. The third-order valence-electron chi connectivity index (χ3n) is 2.64. The van der Waals surface area contributed by atoms with Crippen molar-refractivity contribution in [3.05, 3.63) is 18.6 Å². The van der Waals surface area contributed by atoms with Crippen LogP contribution in [0.1, 0.15) is 27.2 Å². The van der Waals surface area contributed by atoms with Gasteiger partial charge in [0.15, 0.2) is 0 Å². The van der Waals surface area contributed by atoms with Gasteiger partial charge in [-0.1, -0.05) is 20.8 Å². The van der Waals surface area contributed by atoms with Crippen LogP contribution in [-0.4, -0.2) is 38.9 Å². The average molecular weight is 239 g/mol. The van der Waals surface area contributed by atoms with Gasteiger partial charge in [0.25, 0.3) is 0 Å². The summed E-state index contributed by atoms with van der Waals surface area (Å²) in [5.41, 5.74) is -0.197. The molecule has 0 spiro atoms. The second-order valence-corrected chi connectivity index (χ2v) is 5.23. The number of aliphatic hydroxyl groups excluding tert-OH is 2. The van der Waals surface area contributed by atoms with E-state index in [9.17, 15) is 10.2 Å². The van der Waals surface area contributed by atoms with Gasteiger partial charge in [-0.2, -0.15) is 0 Å². The molecular weight excluding hydrogens is 218 g/mol. The van der Waals surface area contributed by atoms with E-state index in [1.165, 1.54) is 0 Å². The van der Waals surface area contributed by atoms with Gasteiger partial charge in [-0.15, -0.1) is 0 Å². The fourth-order valence-corrected chi connectivity index (χ4v) is 1.38. The standard InChI is InChI=1S/C12H21N3O2/c1-12(2,3)10(17)6-9(8-16)15-11-7-13-4-5-14-11/h4-5,7,9-10,16-17H,6,8H2,1-3H3,(H,14,15). The number of rotatable bonds is 5. The summed E-state index contributed by atoms with van der Waals surface area (Å²) in [4.78, 5) is 8.00. The molecule has 0 bridgehead atoms. The highest BCUT2D eigenvalue weighted by atomic mass is 16.3. The highest BCUT2D eigenvalue weighted by molar-refractivity contribution is 5.31. The van der Waals surface area contributed by atoms with Gasteiger partial charge >= 0.3 is 0 Å². The monoisotopic (exact) mass is 239 g/mol. The minimum atomic E-state index is -0.483. The molecule has 3 N–H and O–H groups in total. The normalized spacial score (nSPS) is 15.4. The Kier molecular flexibility index (Phi) is 4.84. The van der Waals surface area contributed by atoms with Crippen molar-refractivity contribution in [2.24, 2.45) is 5.41 Å². The molecule has 1 heterocycles. The van der Waals surface area contributed by atoms with Crippen molar-refractivity contribution in [1.29, 1.82) is 0 Å². The van der Waals surface area contributed by atoms with E-state index in [1.807, 2.05) is 20.8 Å². The number of aromatic nitrogens is 2. The van der Waals surface area contributed by atoms with Crippen LogP contribution in [0.25, 0.3) is 0 Å². The third-order valence-corrected chi connectivity index (χ3v) is 2.64. The number of nitrogens with zero attached hydrogens (tertiary/aromatic N) is 2. The lowest BCUT2D eigenvalue weighted by atomic mass is 9.85. The van der Waals surface area contributed by atoms with Gasteiger partial charge < -0.3 is 15.5 Å². The fraction of sp³-hybridized carbons (Fsp3) is 0.667. The highest BCUT2D eigenvalue weighted by Gasteiger charge is 2.25. The van der Waals surface area contributed by atoms with E-state index >= 15 is 0 Å². The molecule has 5 nitrogen and oxygen atoms in total. The maximum absolute atomic E-state index is 9.98. The predicted octanol–water partition coefficient (Wildman–Crippen LogP) is 1.05. The van der Waals surface area contributed by atoms with Crippen molar-refractivity contribution >= 4 is 5.82 Å². The Hall–Kier alpha value is -1.20. The van der Waals surface area contributed by atoms with Crippen molar-refractivity contribution in [3.8, 4) is 0 Å². The molecule has 1 rings (SSSR count). The molecule has 0 fully saturated rings. The molecule has 0 aliphatic heterocycles. The fourth-order valence-electron chi connectivity index (χ4n) is 1.38. The smallest absolute Gasteiger partial charge is 0.144 e. The Bertz CT molecular complexity index is 324. The van der Waals surface area contributed by atoms with Gasteiger partial charge in [0.1, 0.15) is 5.82 Å². The van der Waals surface area contributed by atoms with Crippen LogP contribution in [0, 0.1) is 5.41 Å². The molecule has 0 aliphatic rings. The van der Waals surface area contributed by atoms with E-state index in [1.54, 1.807) is 18.6 Å². The van der Waals surface area contributed by atoms with Gasteiger partial charge in [0.05, 0.1) is 24.9 Å². The van der Waals surface area contributed by atoms with Gasteiger partial charge in [-0.3, -0.25) is 4.98 Å². The molecule has 1 aromatic heterocycles. The zero-order valence-electron chi connectivity index (χ0n) is 10.6. The highest BCUT2D eigenvalue weighted by Crippen LogP contribution is 2.23. The van der Waals surface area contributed by atoms with Crippen LogP contribution in [0.3, 0.4) is 0 Å². The van der Waals surface area contributed by atoms with E-state index < -0.39 is 6.10 Å². The van der Waals surface area contributed by atoms with Gasteiger partial charge in [0, 0.05) is 12.4 Å². The lowest BCUT2D eigenvalue weighted by molar-refractivity contribution is 0.0461. The van der Waals surface area contributed by atoms with Gasteiger partial charge in [-0.05, 0) is 11.8 Å². The number of anilines is 1. The quantitative estimate of drug-likeness (QED) is 0.715.